The van der Waals surface area contributed by atoms with Crippen molar-refractivity contribution in [3.63, 3.8) is 0 Å². The van der Waals surface area contributed by atoms with Gasteiger partial charge in [-0.2, -0.15) is 5.26 Å². The number of hydrogen-bond donors (Lipinski definition) is 1. The molecule has 158 valence electrons. The number of nitrogens with zero attached hydrogens (tertiary/aromatic N) is 1. The molecule has 6 nitrogen and oxygen atoms in total. The highest BCUT2D eigenvalue weighted by Gasteiger charge is 2.15. The van der Waals surface area contributed by atoms with Crippen molar-refractivity contribution in [1.29, 1.82) is 5.26 Å². The van der Waals surface area contributed by atoms with Gasteiger partial charge in [0.1, 0.15) is 0 Å². The minimum absolute atomic E-state index is 0.199. The molecule has 0 atom stereocenters. The highest BCUT2D eigenvalue weighted by molar-refractivity contribution is 5.90. The standard InChI is InChI=1S/C24H27NO5/c1-2-27-23-14-18(7-9-21(23)28-12-6-4-3-5-11-26)13-20(16-25)19-8-10-22-24(15-19)30-17-29-22/h7-10,13-15,26H,2-6,11-12,17H2,1H3. The number of nitriles is 1. The summed E-state index contributed by atoms with van der Waals surface area (Å²) < 4.78 is 22.4. The molecule has 0 unspecified atom stereocenters. The van der Waals surface area contributed by atoms with Gasteiger partial charge < -0.3 is 24.1 Å². The first-order valence-electron chi connectivity index (χ1n) is 10.3. The summed E-state index contributed by atoms with van der Waals surface area (Å²) in [5.74, 6) is 2.68. The average molecular weight is 409 g/mol. The molecule has 1 aliphatic rings. The molecule has 0 aromatic heterocycles. The second-order valence-corrected chi connectivity index (χ2v) is 6.86. The minimum atomic E-state index is 0.199. The Bertz CT molecular complexity index is 916. The molecule has 0 saturated carbocycles. The zero-order valence-electron chi connectivity index (χ0n) is 17.2. The van der Waals surface area contributed by atoms with Gasteiger partial charge in [0, 0.05) is 6.61 Å². The van der Waals surface area contributed by atoms with Gasteiger partial charge in [0.15, 0.2) is 23.0 Å². The number of aliphatic hydroxyl groups is 1. The Morgan fingerprint density at radius 1 is 1.03 bits per heavy atom. The summed E-state index contributed by atoms with van der Waals surface area (Å²) in [6.07, 6.45) is 5.59. The second-order valence-electron chi connectivity index (χ2n) is 6.86. The maximum absolute atomic E-state index is 9.66. The molecule has 0 radical (unpaired) electrons. The number of unbranched alkanes of at least 4 members (excludes halogenated alkanes) is 3. The fraction of sp³-hybridized carbons (Fsp3) is 0.375. The van der Waals surface area contributed by atoms with Crippen LogP contribution >= 0.6 is 0 Å². The normalized spacial score (nSPS) is 12.5. The molecule has 1 heterocycles. The molecule has 0 amide bonds. The summed E-state index contributed by atoms with van der Waals surface area (Å²) in [4.78, 5) is 0. The SMILES string of the molecule is CCOc1cc(C=C(C#N)c2ccc3c(c2)OCO3)ccc1OCCCCCCO. The number of aliphatic hydroxyl groups excluding tert-OH is 1. The van der Waals surface area contributed by atoms with Crippen LogP contribution < -0.4 is 18.9 Å². The first kappa shape index (κ1) is 21.5. The van der Waals surface area contributed by atoms with Gasteiger partial charge in [0.2, 0.25) is 6.79 Å². The predicted octanol–water partition coefficient (Wildman–Crippen LogP) is 4.81. The van der Waals surface area contributed by atoms with E-state index >= 15 is 0 Å². The van der Waals surface area contributed by atoms with E-state index in [-0.39, 0.29) is 13.4 Å². The number of fused-ring (bicyclic) bond motifs is 1. The molecule has 0 fully saturated rings. The molecule has 3 rings (SSSR count). The van der Waals surface area contributed by atoms with Crippen LogP contribution in [0.15, 0.2) is 36.4 Å². The van der Waals surface area contributed by atoms with Gasteiger partial charge in [0.05, 0.1) is 24.9 Å². The zero-order valence-corrected chi connectivity index (χ0v) is 17.2. The molecular formula is C24H27NO5. The second kappa shape index (κ2) is 11.1. The van der Waals surface area contributed by atoms with E-state index in [1.807, 2.05) is 49.4 Å². The maximum atomic E-state index is 9.66. The quantitative estimate of drug-likeness (QED) is 0.326. The van der Waals surface area contributed by atoms with Crippen molar-refractivity contribution in [3.8, 4) is 29.1 Å². The third-order valence-electron chi connectivity index (χ3n) is 4.69. The van der Waals surface area contributed by atoms with Crippen molar-refractivity contribution < 1.29 is 24.1 Å². The van der Waals surface area contributed by atoms with Gasteiger partial charge in [-0.25, -0.2) is 0 Å². The third kappa shape index (κ3) is 5.68. The Kier molecular flexibility index (Phi) is 7.99. The van der Waals surface area contributed by atoms with Crippen LogP contribution in [-0.2, 0) is 0 Å². The van der Waals surface area contributed by atoms with Crippen LogP contribution in [0.4, 0.5) is 0 Å². The van der Waals surface area contributed by atoms with Crippen LogP contribution in [0.1, 0.15) is 43.7 Å². The highest BCUT2D eigenvalue weighted by atomic mass is 16.7. The van der Waals surface area contributed by atoms with Gasteiger partial charge in [-0.05, 0) is 73.7 Å². The van der Waals surface area contributed by atoms with E-state index in [0.29, 0.717) is 41.8 Å². The van der Waals surface area contributed by atoms with E-state index in [0.717, 1.165) is 36.8 Å². The average Bonchev–Trinajstić information content (AvgIpc) is 3.23. The van der Waals surface area contributed by atoms with E-state index in [4.69, 9.17) is 24.1 Å². The molecule has 30 heavy (non-hydrogen) atoms. The minimum Gasteiger partial charge on any atom is -0.490 e. The highest BCUT2D eigenvalue weighted by Crippen LogP contribution is 2.35. The molecule has 1 aliphatic heterocycles. The van der Waals surface area contributed by atoms with Gasteiger partial charge in [0.25, 0.3) is 0 Å². The van der Waals surface area contributed by atoms with E-state index < -0.39 is 0 Å². The summed E-state index contributed by atoms with van der Waals surface area (Å²) in [6, 6.07) is 13.4. The van der Waals surface area contributed by atoms with Crippen LogP contribution in [0.2, 0.25) is 0 Å². The monoisotopic (exact) mass is 409 g/mol. The molecular weight excluding hydrogens is 382 g/mol. The van der Waals surface area contributed by atoms with Gasteiger partial charge >= 0.3 is 0 Å². The number of hydrogen-bond acceptors (Lipinski definition) is 6. The fourth-order valence-electron chi connectivity index (χ4n) is 3.16. The number of benzene rings is 2. The molecule has 0 bridgehead atoms. The molecule has 2 aromatic rings. The smallest absolute Gasteiger partial charge is 0.231 e. The van der Waals surface area contributed by atoms with Crippen molar-refractivity contribution in [2.45, 2.75) is 32.6 Å². The Balaban J connectivity index is 1.73. The summed E-state index contributed by atoms with van der Waals surface area (Å²) in [6.45, 7) is 3.48. The number of allylic oxidation sites excluding steroid dienone is 1. The topological polar surface area (TPSA) is 80.9 Å². The largest absolute Gasteiger partial charge is 0.490 e. The van der Waals surface area contributed by atoms with Gasteiger partial charge in [-0.1, -0.05) is 12.5 Å². The van der Waals surface area contributed by atoms with E-state index in [1.54, 1.807) is 0 Å². The number of ether oxygens (including phenoxy) is 4. The van der Waals surface area contributed by atoms with Crippen molar-refractivity contribution in [2.24, 2.45) is 0 Å². The van der Waals surface area contributed by atoms with Crippen molar-refractivity contribution in [3.05, 3.63) is 47.5 Å². The van der Waals surface area contributed by atoms with Crippen molar-refractivity contribution in [2.75, 3.05) is 26.6 Å². The zero-order chi connectivity index (χ0) is 21.2. The lowest BCUT2D eigenvalue weighted by molar-refractivity contribution is 0.174. The van der Waals surface area contributed by atoms with Crippen LogP contribution in [0.5, 0.6) is 23.0 Å². The van der Waals surface area contributed by atoms with Gasteiger partial charge in [-0.3, -0.25) is 0 Å². The lowest BCUT2D eigenvalue weighted by atomic mass is 10.0. The van der Waals surface area contributed by atoms with Crippen LogP contribution in [0.3, 0.4) is 0 Å². The van der Waals surface area contributed by atoms with Crippen molar-refractivity contribution in [1.82, 2.24) is 0 Å². The Morgan fingerprint density at radius 3 is 2.67 bits per heavy atom. The third-order valence-corrected chi connectivity index (χ3v) is 4.69. The summed E-state index contributed by atoms with van der Waals surface area (Å²) in [5.41, 5.74) is 2.14. The molecule has 0 aliphatic carbocycles. The predicted molar refractivity (Wildman–Crippen MR) is 115 cm³/mol. The maximum Gasteiger partial charge on any atom is 0.231 e. The van der Waals surface area contributed by atoms with E-state index in [1.165, 1.54) is 0 Å². The summed E-state index contributed by atoms with van der Waals surface area (Å²) in [7, 11) is 0. The summed E-state index contributed by atoms with van der Waals surface area (Å²) >= 11 is 0. The van der Waals surface area contributed by atoms with Crippen LogP contribution in [0, 0.1) is 11.3 Å². The van der Waals surface area contributed by atoms with Crippen LogP contribution in [-0.4, -0.2) is 31.7 Å². The Hall–Kier alpha value is -3.17. The molecule has 0 saturated heterocycles. The Morgan fingerprint density at radius 2 is 1.87 bits per heavy atom. The van der Waals surface area contributed by atoms with Crippen LogP contribution in [0.25, 0.3) is 11.6 Å². The van der Waals surface area contributed by atoms with E-state index in [9.17, 15) is 5.26 Å². The first-order valence-corrected chi connectivity index (χ1v) is 10.3. The summed E-state index contributed by atoms with van der Waals surface area (Å²) in [5, 5.41) is 18.5. The Labute approximate surface area is 177 Å². The van der Waals surface area contributed by atoms with E-state index in [2.05, 4.69) is 6.07 Å². The number of rotatable bonds is 11. The lowest BCUT2D eigenvalue weighted by Crippen LogP contribution is -2.01. The molecule has 2 aromatic carbocycles. The molecule has 1 N–H and O–H groups in total. The van der Waals surface area contributed by atoms with Crippen molar-refractivity contribution >= 4 is 11.6 Å². The molecule has 6 heteroatoms. The molecule has 0 spiro atoms. The van der Waals surface area contributed by atoms with Gasteiger partial charge in [-0.15, -0.1) is 0 Å². The lowest BCUT2D eigenvalue weighted by Gasteiger charge is -2.13. The first-order chi connectivity index (χ1) is 14.7. The fourth-order valence-corrected chi connectivity index (χ4v) is 3.16.